The first kappa shape index (κ1) is 22.4. The molecule has 0 radical (unpaired) electrons. The lowest BCUT2D eigenvalue weighted by Gasteiger charge is -2.29. The Kier molecular flexibility index (Phi) is 8.19. The van der Waals surface area contributed by atoms with Gasteiger partial charge in [0.2, 0.25) is 5.91 Å². The van der Waals surface area contributed by atoms with E-state index in [9.17, 15) is 14.0 Å². The van der Waals surface area contributed by atoms with Gasteiger partial charge in [-0.05, 0) is 49.6 Å². The molecule has 0 fully saturated rings. The number of ether oxygens (including phenoxy) is 1. The minimum absolute atomic E-state index is 0.207. The van der Waals surface area contributed by atoms with Crippen molar-refractivity contribution in [3.05, 3.63) is 65.5 Å². The van der Waals surface area contributed by atoms with Gasteiger partial charge in [-0.1, -0.05) is 43.7 Å². The van der Waals surface area contributed by atoms with E-state index in [-0.39, 0.29) is 24.2 Å². The smallest absolute Gasteiger partial charge is 0.261 e. The summed E-state index contributed by atoms with van der Waals surface area (Å²) in [6.45, 7) is 8.32. The van der Waals surface area contributed by atoms with Crippen molar-refractivity contribution in [2.24, 2.45) is 5.92 Å². The van der Waals surface area contributed by atoms with Crippen molar-refractivity contribution < 1.29 is 18.7 Å². The summed E-state index contributed by atoms with van der Waals surface area (Å²) >= 11 is 0. The fraction of sp³-hybridized carbons (Fsp3) is 0.391. The van der Waals surface area contributed by atoms with Crippen molar-refractivity contribution >= 4 is 11.8 Å². The first-order valence-corrected chi connectivity index (χ1v) is 9.77. The van der Waals surface area contributed by atoms with E-state index in [1.165, 1.54) is 29.2 Å². The highest BCUT2D eigenvalue weighted by Gasteiger charge is 2.26. The second kappa shape index (κ2) is 10.6. The molecule has 0 saturated carbocycles. The number of hydrogen-bond acceptors (Lipinski definition) is 3. The minimum atomic E-state index is -0.653. The molecule has 0 heterocycles. The summed E-state index contributed by atoms with van der Waals surface area (Å²) in [5.41, 5.74) is 2.04. The number of rotatable bonds is 9. The highest BCUT2D eigenvalue weighted by atomic mass is 19.1. The zero-order chi connectivity index (χ0) is 21.4. The van der Waals surface area contributed by atoms with Gasteiger partial charge in [0.1, 0.15) is 17.6 Å². The summed E-state index contributed by atoms with van der Waals surface area (Å²) in [5, 5.41) is 2.88. The van der Waals surface area contributed by atoms with Crippen LogP contribution < -0.4 is 10.1 Å². The van der Waals surface area contributed by atoms with E-state index >= 15 is 0 Å². The van der Waals surface area contributed by atoms with Crippen molar-refractivity contribution in [1.82, 2.24) is 10.2 Å². The molecule has 0 bridgehead atoms. The largest absolute Gasteiger partial charge is 0.484 e. The van der Waals surface area contributed by atoms with Gasteiger partial charge in [0.05, 0.1) is 0 Å². The maximum Gasteiger partial charge on any atom is 0.261 e. The molecule has 0 aliphatic rings. The van der Waals surface area contributed by atoms with Crippen LogP contribution in [0.2, 0.25) is 0 Å². The second-order valence-electron chi connectivity index (χ2n) is 7.56. The number of aryl methyl sites for hydroxylation is 1. The molecular formula is C23H29FN2O3. The average molecular weight is 400 g/mol. The van der Waals surface area contributed by atoms with Gasteiger partial charge in [0.25, 0.3) is 5.91 Å². The molecule has 0 aliphatic heterocycles. The highest BCUT2D eigenvalue weighted by Crippen LogP contribution is 2.14. The van der Waals surface area contributed by atoms with Crippen molar-refractivity contribution in [3.8, 4) is 5.75 Å². The number of hydrogen-bond donors (Lipinski definition) is 1. The zero-order valence-electron chi connectivity index (χ0n) is 17.4. The molecule has 6 heteroatoms. The molecule has 0 aliphatic carbocycles. The Bertz CT molecular complexity index is 804. The van der Waals surface area contributed by atoms with E-state index in [0.29, 0.717) is 24.8 Å². The van der Waals surface area contributed by atoms with E-state index in [0.717, 1.165) is 11.1 Å². The van der Waals surface area contributed by atoms with Gasteiger partial charge < -0.3 is 15.0 Å². The Morgan fingerprint density at radius 2 is 1.66 bits per heavy atom. The van der Waals surface area contributed by atoms with E-state index in [2.05, 4.69) is 5.32 Å². The fourth-order valence-corrected chi connectivity index (χ4v) is 2.68. The number of nitrogens with zero attached hydrogens (tertiary/aromatic N) is 1. The van der Waals surface area contributed by atoms with Crippen molar-refractivity contribution in [2.75, 3.05) is 13.2 Å². The SMILES string of the molecule is Cc1ccc(CN(C(=O)COc2ccc(F)cc2)[C@H](C)C(=O)NCC(C)C)cc1. The number of amides is 2. The van der Waals surface area contributed by atoms with Crippen LogP contribution >= 0.6 is 0 Å². The predicted octanol–water partition coefficient (Wildman–Crippen LogP) is 3.70. The molecular weight excluding hydrogens is 371 g/mol. The lowest BCUT2D eigenvalue weighted by Crippen LogP contribution is -2.49. The van der Waals surface area contributed by atoms with Crippen molar-refractivity contribution in [2.45, 2.75) is 40.3 Å². The fourth-order valence-electron chi connectivity index (χ4n) is 2.68. The van der Waals surface area contributed by atoms with Gasteiger partial charge in [0.15, 0.2) is 6.61 Å². The molecule has 2 aromatic carbocycles. The van der Waals surface area contributed by atoms with E-state index < -0.39 is 6.04 Å². The van der Waals surface area contributed by atoms with Crippen LogP contribution in [0.1, 0.15) is 31.9 Å². The Morgan fingerprint density at radius 1 is 1.03 bits per heavy atom. The van der Waals surface area contributed by atoms with Gasteiger partial charge in [-0.3, -0.25) is 9.59 Å². The Hall–Kier alpha value is -2.89. The Morgan fingerprint density at radius 3 is 2.24 bits per heavy atom. The van der Waals surface area contributed by atoms with E-state index in [4.69, 9.17) is 4.74 Å². The third-order valence-electron chi connectivity index (χ3n) is 4.50. The van der Waals surface area contributed by atoms with Gasteiger partial charge in [-0.25, -0.2) is 4.39 Å². The van der Waals surface area contributed by atoms with Crippen LogP contribution in [-0.4, -0.2) is 35.9 Å². The summed E-state index contributed by atoms with van der Waals surface area (Å²) in [7, 11) is 0. The van der Waals surface area contributed by atoms with Gasteiger partial charge in [-0.2, -0.15) is 0 Å². The summed E-state index contributed by atoms with van der Waals surface area (Å²) in [5.74, 6) is -0.190. The molecule has 2 rings (SSSR count). The van der Waals surface area contributed by atoms with Crippen LogP contribution in [0.15, 0.2) is 48.5 Å². The summed E-state index contributed by atoms with van der Waals surface area (Å²) in [4.78, 5) is 27.0. The number of benzene rings is 2. The molecule has 5 nitrogen and oxygen atoms in total. The topological polar surface area (TPSA) is 58.6 Å². The van der Waals surface area contributed by atoms with Crippen LogP contribution in [0.5, 0.6) is 5.75 Å². The third kappa shape index (κ3) is 7.22. The minimum Gasteiger partial charge on any atom is -0.484 e. The van der Waals surface area contributed by atoms with Crippen LogP contribution in [0, 0.1) is 18.7 Å². The number of halogens is 1. The molecule has 0 spiro atoms. The third-order valence-corrected chi connectivity index (χ3v) is 4.50. The van der Waals surface area contributed by atoms with Crippen LogP contribution in [0.25, 0.3) is 0 Å². The van der Waals surface area contributed by atoms with E-state index in [1.54, 1.807) is 6.92 Å². The number of nitrogens with one attached hydrogen (secondary N) is 1. The van der Waals surface area contributed by atoms with Crippen LogP contribution in [0.4, 0.5) is 4.39 Å². The Balaban J connectivity index is 2.10. The quantitative estimate of drug-likeness (QED) is 0.698. The van der Waals surface area contributed by atoms with Crippen molar-refractivity contribution in [3.63, 3.8) is 0 Å². The summed E-state index contributed by atoms with van der Waals surface area (Å²) in [6.07, 6.45) is 0. The first-order chi connectivity index (χ1) is 13.8. The van der Waals surface area contributed by atoms with Crippen LogP contribution in [-0.2, 0) is 16.1 Å². The maximum absolute atomic E-state index is 13.0. The lowest BCUT2D eigenvalue weighted by atomic mass is 10.1. The first-order valence-electron chi connectivity index (χ1n) is 9.77. The summed E-state index contributed by atoms with van der Waals surface area (Å²) < 4.78 is 18.5. The Labute approximate surface area is 171 Å². The number of carbonyl (C=O) groups is 2. The highest BCUT2D eigenvalue weighted by molar-refractivity contribution is 5.87. The molecule has 1 N–H and O–H groups in total. The normalized spacial score (nSPS) is 11.8. The molecule has 156 valence electrons. The van der Waals surface area contributed by atoms with Crippen molar-refractivity contribution in [1.29, 1.82) is 0 Å². The summed E-state index contributed by atoms with van der Waals surface area (Å²) in [6, 6.07) is 12.6. The average Bonchev–Trinajstić information content (AvgIpc) is 2.70. The molecule has 2 aromatic rings. The standard InChI is InChI=1S/C23H29FN2O3/c1-16(2)13-25-23(28)18(4)26(14-19-7-5-17(3)6-8-19)22(27)15-29-21-11-9-20(24)10-12-21/h5-12,16,18H,13-15H2,1-4H3,(H,25,28)/t18-/m1/s1. The number of carbonyl (C=O) groups excluding carboxylic acids is 2. The molecule has 2 amide bonds. The van der Waals surface area contributed by atoms with Gasteiger partial charge >= 0.3 is 0 Å². The lowest BCUT2D eigenvalue weighted by molar-refractivity contribution is -0.142. The second-order valence-corrected chi connectivity index (χ2v) is 7.56. The molecule has 0 unspecified atom stereocenters. The van der Waals surface area contributed by atoms with Crippen LogP contribution in [0.3, 0.4) is 0 Å². The molecule has 0 saturated heterocycles. The van der Waals surface area contributed by atoms with Gasteiger partial charge in [0, 0.05) is 13.1 Å². The molecule has 0 aromatic heterocycles. The van der Waals surface area contributed by atoms with E-state index in [1.807, 2.05) is 45.0 Å². The predicted molar refractivity (Wildman–Crippen MR) is 111 cm³/mol. The molecule has 1 atom stereocenters. The monoisotopic (exact) mass is 400 g/mol. The molecule has 29 heavy (non-hydrogen) atoms. The van der Waals surface area contributed by atoms with Gasteiger partial charge in [-0.15, -0.1) is 0 Å². The zero-order valence-corrected chi connectivity index (χ0v) is 17.4. The maximum atomic E-state index is 13.0.